The lowest BCUT2D eigenvalue weighted by Crippen LogP contribution is -2.10. The average molecular weight is 206 g/mol. The van der Waals surface area contributed by atoms with Crippen molar-refractivity contribution in [3.63, 3.8) is 0 Å². The summed E-state index contributed by atoms with van der Waals surface area (Å²) in [6.07, 6.45) is 3.43. The topological polar surface area (TPSA) is 69.2 Å². The number of benzene rings is 1. The van der Waals surface area contributed by atoms with E-state index in [0.717, 1.165) is 5.56 Å². The van der Waals surface area contributed by atoms with E-state index < -0.39 is 0 Å². The molecular weight excluding hydrogens is 192 g/mol. The van der Waals surface area contributed by atoms with E-state index in [2.05, 4.69) is 0 Å². The highest BCUT2D eigenvalue weighted by Crippen LogP contribution is 2.21. The van der Waals surface area contributed by atoms with Gasteiger partial charge in [-0.05, 0) is 19.9 Å². The summed E-state index contributed by atoms with van der Waals surface area (Å²) in [5, 5.41) is 10.7. The Morgan fingerprint density at radius 3 is 2.73 bits per heavy atom. The summed E-state index contributed by atoms with van der Waals surface area (Å²) in [6.45, 7) is 3.71. The van der Waals surface area contributed by atoms with Crippen LogP contribution in [0.2, 0.25) is 0 Å². The van der Waals surface area contributed by atoms with E-state index in [9.17, 15) is 10.1 Å². The minimum atomic E-state index is -0.389. The molecule has 15 heavy (non-hydrogen) atoms. The van der Waals surface area contributed by atoms with E-state index in [1.54, 1.807) is 24.3 Å². The molecule has 2 N–H and O–H groups in total. The third-order valence-corrected chi connectivity index (χ3v) is 1.96. The first kappa shape index (κ1) is 11.4. The summed E-state index contributed by atoms with van der Waals surface area (Å²) in [5.74, 6) is 0. The lowest BCUT2D eigenvalue weighted by Gasteiger charge is -2.00. The van der Waals surface area contributed by atoms with Crippen molar-refractivity contribution in [2.75, 3.05) is 0 Å². The molecule has 1 aromatic rings. The molecule has 1 unspecified atom stereocenters. The van der Waals surface area contributed by atoms with Gasteiger partial charge in [-0.15, -0.1) is 0 Å². The SMILES string of the molecule is Cc1ccc([N+](=O)[O-])c(/C=C/C(C)N)c1. The van der Waals surface area contributed by atoms with Crippen LogP contribution >= 0.6 is 0 Å². The molecule has 0 bridgehead atoms. The predicted molar refractivity (Wildman–Crippen MR) is 60.5 cm³/mol. The Morgan fingerprint density at radius 1 is 1.53 bits per heavy atom. The highest BCUT2D eigenvalue weighted by Gasteiger charge is 2.10. The zero-order valence-electron chi connectivity index (χ0n) is 8.81. The Morgan fingerprint density at radius 2 is 2.20 bits per heavy atom. The number of nitro groups is 1. The molecule has 0 saturated carbocycles. The summed E-state index contributed by atoms with van der Waals surface area (Å²) in [4.78, 5) is 10.3. The van der Waals surface area contributed by atoms with E-state index in [1.165, 1.54) is 6.07 Å². The minimum absolute atomic E-state index is 0.106. The van der Waals surface area contributed by atoms with Crippen LogP contribution in [0.15, 0.2) is 24.3 Å². The summed E-state index contributed by atoms with van der Waals surface area (Å²) in [6, 6.07) is 4.90. The van der Waals surface area contributed by atoms with Crippen LogP contribution in [0, 0.1) is 17.0 Å². The maximum atomic E-state index is 10.7. The standard InChI is InChI=1S/C11H14N2O2/c1-8-3-6-11(13(14)15)10(7-8)5-4-9(2)12/h3-7,9H,12H2,1-2H3/b5-4+. The second-order valence-corrected chi connectivity index (χ2v) is 3.54. The summed E-state index contributed by atoms with van der Waals surface area (Å²) < 4.78 is 0. The van der Waals surface area contributed by atoms with Gasteiger partial charge in [0.1, 0.15) is 0 Å². The van der Waals surface area contributed by atoms with Gasteiger partial charge in [0.25, 0.3) is 5.69 Å². The molecule has 0 amide bonds. The molecule has 0 aliphatic heterocycles. The maximum absolute atomic E-state index is 10.7. The molecular formula is C11H14N2O2. The summed E-state index contributed by atoms with van der Waals surface area (Å²) >= 11 is 0. The van der Waals surface area contributed by atoms with Crippen molar-refractivity contribution in [3.8, 4) is 0 Å². The zero-order valence-corrected chi connectivity index (χ0v) is 8.81. The molecule has 80 valence electrons. The van der Waals surface area contributed by atoms with Gasteiger partial charge in [-0.2, -0.15) is 0 Å². The number of hydrogen-bond donors (Lipinski definition) is 1. The molecule has 0 spiro atoms. The second-order valence-electron chi connectivity index (χ2n) is 3.54. The second kappa shape index (κ2) is 4.70. The summed E-state index contributed by atoms with van der Waals surface area (Å²) in [5.41, 5.74) is 7.24. The zero-order chi connectivity index (χ0) is 11.4. The van der Waals surface area contributed by atoms with Gasteiger partial charge in [-0.25, -0.2) is 0 Å². The number of aryl methyl sites for hydroxylation is 1. The maximum Gasteiger partial charge on any atom is 0.276 e. The van der Waals surface area contributed by atoms with Crippen LogP contribution in [0.3, 0.4) is 0 Å². The van der Waals surface area contributed by atoms with Crippen molar-refractivity contribution in [2.45, 2.75) is 19.9 Å². The fourth-order valence-electron chi connectivity index (χ4n) is 1.23. The van der Waals surface area contributed by atoms with Crippen molar-refractivity contribution < 1.29 is 4.92 Å². The summed E-state index contributed by atoms with van der Waals surface area (Å²) in [7, 11) is 0. The number of nitrogens with zero attached hydrogens (tertiary/aromatic N) is 1. The Labute approximate surface area is 88.6 Å². The molecule has 0 fully saturated rings. The van der Waals surface area contributed by atoms with Gasteiger partial charge < -0.3 is 5.73 Å². The molecule has 0 aromatic heterocycles. The first-order valence-corrected chi connectivity index (χ1v) is 4.69. The lowest BCUT2D eigenvalue weighted by atomic mass is 10.1. The monoisotopic (exact) mass is 206 g/mol. The van der Waals surface area contributed by atoms with Gasteiger partial charge in [0.15, 0.2) is 0 Å². The lowest BCUT2D eigenvalue weighted by molar-refractivity contribution is -0.385. The third-order valence-electron chi connectivity index (χ3n) is 1.96. The van der Waals surface area contributed by atoms with Gasteiger partial charge in [-0.3, -0.25) is 10.1 Å². The molecule has 4 nitrogen and oxygen atoms in total. The van der Waals surface area contributed by atoms with Crippen molar-refractivity contribution in [1.82, 2.24) is 0 Å². The van der Waals surface area contributed by atoms with E-state index in [4.69, 9.17) is 5.73 Å². The number of nitro benzene ring substituents is 1. The van der Waals surface area contributed by atoms with Gasteiger partial charge in [0.2, 0.25) is 0 Å². The van der Waals surface area contributed by atoms with Gasteiger partial charge in [0.05, 0.1) is 10.5 Å². The fourth-order valence-corrected chi connectivity index (χ4v) is 1.23. The minimum Gasteiger partial charge on any atom is -0.325 e. The van der Waals surface area contributed by atoms with Crippen LogP contribution in [-0.2, 0) is 0 Å². The van der Waals surface area contributed by atoms with Gasteiger partial charge in [-0.1, -0.05) is 23.8 Å². The number of rotatable bonds is 3. The first-order chi connectivity index (χ1) is 7.00. The van der Waals surface area contributed by atoms with Crippen molar-refractivity contribution >= 4 is 11.8 Å². The molecule has 0 radical (unpaired) electrons. The Bertz CT molecular complexity index is 398. The largest absolute Gasteiger partial charge is 0.325 e. The fraction of sp³-hybridized carbons (Fsp3) is 0.273. The van der Waals surface area contributed by atoms with E-state index in [0.29, 0.717) is 5.56 Å². The van der Waals surface area contributed by atoms with E-state index in [-0.39, 0.29) is 16.7 Å². The predicted octanol–water partition coefficient (Wildman–Crippen LogP) is 2.26. The van der Waals surface area contributed by atoms with E-state index in [1.807, 2.05) is 13.8 Å². The van der Waals surface area contributed by atoms with Gasteiger partial charge >= 0.3 is 0 Å². The van der Waals surface area contributed by atoms with Crippen molar-refractivity contribution in [2.24, 2.45) is 5.73 Å². The molecule has 0 aliphatic rings. The Hall–Kier alpha value is -1.68. The highest BCUT2D eigenvalue weighted by molar-refractivity contribution is 5.62. The normalized spacial score (nSPS) is 13.0. The van der Waals surface area contributed by atoms with Crippen molar-refractivity contribution in [1.29, 1.82) is 0 Å². The van der Waals surface area contributed by atoms with Crippen molar-refractivity contribution in [3.05, 3.63) is 45.5 Å². The van der Waals surface area contributed by atoms with Crippen LogP contribution in [0.5, 0.6) is 0 Å². The molecule has 0 heterocycles. The van der Waals surface area contributed by atoms with Gasteiger partial charge in [0, 0.05) is 12.1 Å². The van der Waals surface area contributed by atoms with Crippen LogP contribution in [0.1, 0.15) is 18.1 Å². The molecule has 1 aromatic carbocycles. The van der Waals surface area contributed by atoms with Crippen LogP contribution in [0.25, 0.3) is 6.08 Å². The molecule has 0 saturated heterocycles. The van der Waals surface area contributed by atoms with Crippen LogP contribution in [0.4, 0.5) is 5.69 Å². The quantitative estimate of drug-likeness (QED) is 0.609. The molecule has 1 atom stereocenters. The molecule has 0 aliphatic carbocycles. The number of nitrogens with two attached hydrogens (primary N) is 1. The Kier molecular flexibility index (Phi) is 3.57. The van der Waals surface area contributed by atoms with E-state index >= 15 is 0 Å². The number of hydrogen-bond acceptors (Lipinski definition) is 3. The van der Waals surface area contributed by atoms with Crippen LogP contribution in [-0.4, -0.2) is 11.0 Å². The third kappa shape index (κ3) is 3.18. The Balaban J connectivity index is 3.13. The average Bonchev–Trinajstić information content (AvgIpc) is 2.14. The molecule has 4 heteroatoms. The smallest absolute Gasteiger partial charge is 0.276 e. The van der Waals surface area contributed by atoms with Crippen LogP contribution < -0.4 is 5.73 Å². The molecule has 1 rings (SSSR count). The highest BCUT2D eigenvalue weighted by atomic mass is 16.6. The first-order valence-electron chi connectivity index (χ1n) is 4.69.